The highest BCUT2D eigenvalue weighted by Gasteiger charge is 2.16. The Hall–Kier alpha value is -3.84. The van der Waals surface area contributed by atoms with Crippen molar-refractivity contribution in [1.29, 1.82) is 0 Å². The standard InChI is InChI=1S/C33H29N/c1-33(2,3)22-23-16-18-27-26(20-23)12-9-15-30(27)34-31-14-8-7-13-28(31)29-21-25(17-19-32(29)34)24-10-5-4-6-11-24/h4-21H,22H2,1-3H3. The molecule has 1 heteroatoms. The smallest absolute Gasteiger partial charge is 0.0541 e. The summed E-state index contributed by atoms with van der Waals surface area (Å²) in [6.45, 7) is 6.90. The van der Waals surface area contributed by atoms with Gasteiger partial charge in [0, 0.05) is 16.2 Å². The molecule has 0 saturated heterocycles. The molecule has 6 rings (SSSR count). The van der Waals surface area contributed by atoms with Crippen LogP contribution in [0.4, 0.5) is 0 Å². The molecule has 0 fully saturated rings. The summed E-state index contributed by atoms with van der Waals surface area (Å²) in [6, 6.07) is 40.0. The number of para-hydroxylation sites is 1. The highest BCUT2D eigenvalue weighted by Crippen LogP contribution is 2.37. The molecular weight excluding hydrogens is 410 g/mol. The molecule has 0 amide bonds. The average molecular weight is 440 g/mol. The first kappa shape index (κ1) is 20.7. The largest absolute Gasteiger partial charge is 0.309 e. The molecule has 0 saturated carbocycles. The van der Waals surface area contributed by atoms with Gasteiger partial charge in [-0.25, -0.2) is 0 Å². The van der Waals surface area contributed by atoms with Crippen molar-refractivity contribution < 1.29 is 0 Å². The van der Waals surface area contributed by atoms with Crippen molar-refractivity contribution >= 4 is 32.6 Å². The van der Waals surface area contributed by atoms with Gasteiger partial charge in [0.15, 0.2) is 0 Å². The number of benzene rings is 5. The lowest BCUT2D eigenvalue weighted by atomic mass is 9.87. The summed E-state index contributed by atoms with van der Waals surface area (Å²) in [7, 11) is 0. The van der Waals surface area contributed by atoms with Gasteiger partial charge < -0.3 is 4.57 Å². The quantitative estimate of drug-likeness (QED) is 0.259. The van der Waals surface area contributed by atoms with Gasteiger partial charge in [0.05, 0.1) is 16.7 Å². The lowest BCUT2D eigenvalue weighted by Gasteiger charge is -2.19. The van der Waals surface area contributed by atoms with Crippen LogP contribution in [0.2, 0.25) is 0 Å². The Kier molecular flexibility index (Phi) is 4.81. The fraction of sp³-hybridized carbons (Fsp3) is 0.152. The van der Waals surface area contributed by atoms with E-state index in [2.05, 4.69) is 135 Å². The molecule has 0 spiro atoms. The third-order valence-electron chi connectivity index (χ3n) is 6.68. The number of hydrogen-bond acceptors (Lipinski definition) is 0. The maximum atomic E-state index is 2.44. The second kappa shape index (κ2) is 7.88. The number of fused-ring (bicyclic) bond motifs is 4. The predicted molar refractivity (Wildman–Crippen MR) is 147 cm³/mol. The van der Waals surface area contributed by atoms with E-state index in [0.717, 1.165) is 6.42 Å². The van der Waals surface area contributed by atoms with E-state index < -0.39 is 0 Å². The molecule has 0 bridgehead atoms. The predicted octanol–water partition coefficient (Wildman–Crippen LogP) is 9.19. The first-order valence-electron chi connectivity index (χ1n) is 12.1. The van der Waals surface area contributed by atoms with Gasteiger partial charge in [0.25, 0.3) is 0 Å². The summed E-state index contributed by atoms with van der Waals surface area (Å²) < 4.78 is 2.44. The minimum atomic E-state index is 0.272. The van der Waals surface area contributed by atoms with Gasteiger partial charge in [0.2, 0.25) is 0 Å². The molecule has 0 aliphatic rings. The Morgan fingerprint density at radius 2 is 1.32 bits per heavy atom. The van der Waals surface area contributed by atoms with Crippen LogP contribution in [-0.4, -0.2) is 4.57 Å². The van der Waals surface area contributed by atoms with E-state index in [1.807, 2.05) is 0 Å². The van der Waals surface area contributed by atoms with E-state index in [4.69, 9.17) is 0 Å². The summed E-state index contributed by atoms with van der Waals surface area (Å²) in [4.78, 5) is 0. The molecule has 6 aromatic rings. The SMILES string of the molecule is CC(C)(C)Cc1ccc2c(-n3c4ccccc4c4cc(-c5ccccc5)ccc43)cccc2c1. The molecule has 0 aliphatic carbocycles. The molecular formula is C33H29N. The Morgan fingerprint density at radius 1 is 0.559 bits per heavy atom. The lowest BCUT2D eigenvalue weighted by molar-refractivity contribution is 0.411. The van der Waals surface area contributed by atoms with Gasteiger partial charge in [-0.05, 0) is 58.2 Å². The Bertz CT molecular complexity index is 1650. The minimum absolute atomic E-state index is 0.272. The second-order valence-corrected chi connectivity index (χ2v) is 10.5. The monoisotopic (exact) mass is 439 g/mol. The Balaban J connectivity index is 1.60. The Labute approximate surface area is 201 Å². The Morgan fingerprint density at radius 3 is 2.15 bits per heavy atom. The van der Waals surface area contributed by atoms with Gasteiger partial charge in [-0.3, -0.25) is 0 Å². The van der Waals surface area contributed by atoms with Crippen LogP contribution in [0.5, 0.6) is 0 Å². The van der Waals surface area contributed by atoms with Crippen molar-refractivity contribution in [3.63, 3.8) is 0 Å². The summed E-state index contributed by atoms with van der Waals surface area (Å²) in [5, 5.41) is 5.16. The molecule has 34 heavy (non-hydrogen) atoms. The van der Waals surface area contributed by atoms with E-state index in [1.165, 1.54) is 55.0 Å². The molecule has 1 nitrogen and oxygen atoms in total. The third-order valence-corrected chi connectivity index (χ3v) is 6.68. The van der Waals surface area contributed by atoms with E-state index >= 15 is 0 Å². The first-order chi connectivity index (χ1) is 16.5. The molecule has 0 aliphatic heterocycles. The van der Waals surface area contributed by atoms with Crippen LogP contribution in [0.3, 0.4) is 0 Å². The molecule has 166 valence electrons. The fourth-order valence-corrected chi connectivity index (χ4v) is 5.28. The molecule has 0 unspecified atom stereocenters. The van der Waals surface area contributed by atoms with Crippen LogP contribution < -0.4 is 0 Å². The number of nitrogens with zero attached hydrogens (tertiary/aromatic N) is 1. The van der Waals surface area contributed by atoms with Crippen LogP contribution in [-0.2, 0) is 6.42 Å². The molecule has 1 aromatic heterocycles. The van der Waals surface area contributed by atoms with Crippen molar-refractivity contribution in [2.45, 2.75) is 27.2 Å². The zero-order valence-electron chi connectivity index (χ0n) is 20.0. The third kappa shape index (κ3) is 3.58. The molecule has 0 atom stereocenters. The highest BCUT2D eigenvalue weighted by atomic mass is 15.0. The zero-order valence-corrected chi connectivity index (χ0v) is 20.0. The van der Waals surface area contributed by atoms with Crippen LogP contribution in [0, 0.1) is 5.41 Å². The van der Waals surface area contributed by atoms with Crippen molar-refractivity contribution in [2.24, 2.45) is 5.41 Å². The molecule has 5 aromatic carbocycles. The van der Waals surface area contributed by atoms with Crippen LogP contribution in [0.15, 0.2) is 109 Å². The molecule has 1 heterocycles. The normalized spacial score (nSPS) is 12.1. The summed E-state index contributed by atoms with van der Waals surface area (Å²) >= 11 is 0. The maximum Gasteiger partial charge on any atom is 0.0541 e. The van der Waals surface area contributed by atoms with Gasteiger partial charge >= 0.3 is 0 Å². The van der Waals surface area contributed by atoms with Crippen molar-refractivity contribution in [3.05, 3.63) is 115 Å². The van der Waals surface area contributed by atoms with Crippen molar-refractivity contribution in [1.82, 2.24) is 4.57 Å². The van der Waals surface area contributed by atoms with E-state index in [1.54, 1.807) is 0 Å². The summed E-state index contributed by atoms with van der Waals surface area (Å²) in [6.07, 6.45) is 1.07. The van der Waals surface area contributed by atoms with Gasteiger partial charge in [-0.2, -0.15) is 0 Å². The second-order valence-electron chi connectivity index (χ2n) is 10.5. The maximum absolute atomic E-state index is 2.44. The zero-order chi connectivity index (χ0) is 23.3. The van der Waals surface area contributed by atoms with E-state index in [9.17, 15) is 0 Å². The molecule has 0 radical (unpaired) electrons. The van der Waals surface area contributed by atoms with Crippen LogP contribution >= 0.6 is 0 Å². The number of hydrogen-bond donors (Lipinski definition) is 0. The summed E-state index contributed by atoms with van der Waals surface area (Å²) in [5.74, 6) is 0. The number of rotatable bonds is 3. The topological polar surface area (TPSA) is 4.93 Å². The summed E-state index contributed by atoms with van der Waals surface area (Å²) in [5.41, 5.74) is 7.89. The lowest BCUT2D eigenvalue weighted by Crippen LogP contribution is -2.09. The molecule has 0 N–H and O–H groups in total. The van der Waals surface area contributed by atoms with Crippen molar-refractivity contribution in [2.75, 3.05) is 0 Å². The number of aromatic nitrogens is 1. The van der Waals surface area contributed by atoms with E-state index in [0.29, 0.717) is 0 Å². The van der Waals surface area contributed by atoms with Gasteiger partial charge in [-0.1, -0.05) is 106 Å². The van der Waals surface area contributed by atoms with Crippen LogP contribution in [0.1, 0.15) is 26.3 Å². The van der Waals surface area contributed by atoms with Crippen LogP contribution in [0.25, 0.3) is 49.4 Å². The van der Waals surface area contributed by atoms with Gasteiger partial charge in [0.1, 0.15) is 0 Å². The highest BCUT2D eigenvalue weighted by molar-refractivity contribution is 6.11. The minimum Gasteiger partial charge on any atom is -0.309 e. The first-order valence-corrected chi connectivity index (χ1v) is 12.1. The van der Waals surface area contributed by atoms with Crippen molar-refractivity contribution in [3.8, 4) is 16.8 Å². The van der Waals surface area contributed by atoms with Gasteiger partial charge in [-0.15, -0.1) is 0 Å². The average Bonchev–Trinajstić information content (AvgIpc) is 3.17. The fourth-order valence-electron chi connectivity index (χ4n) is 5.28. The van der Waals surface area contributed by atoms with E-state index in [-0.39, 0.29) is 5.41 Å².